The maximum Gasteiger partial charge on any atom is 0.246 e. The van der Waals surface area contributed by atoms with Crippen LogP contribution in [0.1, 0.15) is 43.5 Å². The Morgan fingerprint density at radius 2 is 2.11 bits per heavy atom. The molecule has 1 aromatic carbocycles. The molecule has 0 bridgehead atoms. The Morgan fingerprint density at radius 1 is 1.26 bits per heavy atom. The van der Waals surface area contributed by atoms with Crippen molar-refractivity contribution in [3.05, 3.63) is 47.6 Å². The van der Waals surface area contributed by atoms with Gasteiger partial charge in [0.05, 0.1) is 5.54 Å². The van der Waals surface area contributed by atoms with Gasteiger partial charge in [-0.15, -0.1) is 0 Å². The molecule has 0 aliphatic carbocycles. The molecule has 3 rings (SSSR count). The summed E-state index contributed by atoms with van der Waals surface area (Å²) in [4.78, 5) is 4.56. The minimum atomic E-state index is -0.153. The van der Waals surface area contributed by atoms with Crippen LogP contribution in [0.4, 0.5) is 0 Å². The zero-order valence-electron chi connectivity index (χ0n) is 11.2. The lowest BCUT2D eigenvalue weighted by molar-refractivity contribution is 0.206. The van der Waals surface area contributed by atoms with Gasteiger partial charge >= 0.3 is 0 Å². The molecule has 2 aromatic rings. The molecule has 19 heavy (non-hydrogen) atoms. The van der Waals surface area contributed by atoms with Crippen LogP contribution in [0.25, 0.3) is 0 Å². The SMILES string of the molecule is CC1(c2nc(Cc3ccccc3)no2)CCCCN1. The molecule has 1 aliphatic rings. The third-order valence-electron chi connectivity index (χ3n) is 3.76. The van der Waals surface area contributed by atoms with E-state index >= 15 is 0 Å². The summed E-state index contributed by atoms with van der Waals surface area (Å²) in [5.41, 5.74) is 1.05. The Morgan fingerprint density at radius 3 is 2.84 bits per heavy atom. The summed E-state index contributed by atoms with van der Waals surface area (Å²) in [6.45, 7) is 3.17. The molecule has 2 heterocycles. The van der Waals surface area contributed by atoms with Crippen LogP contribution < -0.4 is 5.32 Å². The van der Waals surface area contributed by atoms with E-state index in [-0.39, 0.29) is 5.54 Å². The van der Waals surface area contributed by atoms with E-state index in [0.29, 0.717) is 0 Å². The first-order valence-corrected chi connectivity index (χ1v) is 6.88. The van der Waals surface area contributed by atoms with Gasteiger partial charge in [0.1, 0.15) is 0 Å². The van der Waals surface area contributed by atoms with Crippen LogP contribution >= 0.6 is 0 Å². The number of piperidine rings is 1. The van der Waals surface area contributed by atoms with E-state index < -0.39 is 0 Å². The van der Waals surface area contributed by atoms with E-state index in [0.717, 1.165) is 31.1 Å². The second-order valence-electron chi connectivity index (χ2n) is 5.39. The highest BCUT2D eigenvalue weighted by Gasteiger charge is 2.33. The Labute approximate surface area is 113 Å². The summed E-state index contributed by atoms with van der Waals surface area (Å²) >= 11 is 0. The highest BCUT2D eigenvalue weighted by Crippen LogP contribution is 2.28. The van der Waals surface area contributed by atoms with Crippen LogP contribution in [0.3, 0.4) is 0 Å². The van der Waals surface area contributed by atoms with Crippen LogP contribution in [-0.2, 0) is 12.0 Å². The molecule has 0 amide bonds. The first-order valence-electron chi connectivity index (χ1n) is 6.88. The average Bonchev–Trinajstić information content (AvgIpc) is 2.90. The molecule has 0 saturated carbocycles. The van der Waals surface area contributed by atoms with Crippen LogP contribution in [0.2, 0.25) is 0 Å². The molecule has 1 fully saturated rings. The van der Waals surface area contributed by atoms with Crippen molar-refractivity contribution in [3.8, 4) is 0 Å². The van der Waals surface area contributed by atoms with Gasteiger partial charge in [0.2, 0.25) is 5.89 Å². The van der Waals surface area contributed by atoms with Crippen LogP contribution in [0.15, 0.2) is 34.9 Å². The minimum absolute atomic E-state index is 0.153. The molecule has 1 aromatic heterocycles. The fourth-order valence-electron chi connectivity index (χ4n) is 2.57. The van der Waals surface area contributed by atoms with Crippen molar-refractivity contribution in [2.45, 2.75) is 38.1 Å². The molecule has 0 radical (unpaired) electrons. The van der Waals surface area contributed by atoms with Gasteiger partial charge in [-0.05, 0) is 38.3 Å². The third kappa shape index (κ3) is 2.68. The second kappa shape index (κ2) is 5.13. The lowest BCUT2D eigenvalue weighted by Crippen LogP contribution is -2.43. The average molecular weight is 257 g/mol. The summed E-state index contributed by atoms with van der Waals surface area (Å²) in [6, 6.07) is 10.2. The number of rotatable bonds is 3. The quantitative estimate of drug-likeness (QED) is 0.918. The van der Waals surface area contributed by atoms with E-state index in [1.807, 2.05) is 18.2 Å². The molecule has 4 nitrogen and oxygen atoms in total. The maximum absolute atomic E-state index is 5.46. The second-order valence-corrected chi connectivity index (χ2v) is 5.39. The van der Waals surface area contributed by atoms with E-state index in [2.05, 4.69) is 34.5 Å². The van der Waals surface area contributed by atoms with Crippen LogP contribution in [0, 0.1) is 0 Å². The lowest BCUT2D eigenvalue weighted by atomic mass is 9.91. The van der Waals surface area contributed by atoms with Crippen molar-refractivity contribution >= 4 is 0 Å². The van der Waals surface area contributed by atoms with Crippen molar-refractivity contribution < 1.29 is 4.52 Å². The van der Waals surface area contributed by atoms with Gasteiger partial charge < -0.3 is 9.84 Å². The zero-order valence-corrected chi connectivity index (χ0v) is 11.2. The molecule has 1 saturated heterocycles. The fraction of sp³-hybridized carbons (Fsp3) is 0.467. The van der Waals surface area contributed by atoms with Gasteiger partial charge in [-0.25, -0.2) is 0 Å². The predicted octanol–water partition coefficient (Wildman–Crippen LogP) is 2.65. The number of hydrogen-bond acceptors (Lipinski definition) is 4. The number of nitrogens with one attached hydrogen (secondary N) is 1. The minimum Gasteiger partial charge on any atom is -0.337 e. The Bertz CT molecular complexity index is 529. The van der Waals surface area contributed by atoms with Crippen molar-refractivity contribution in [1.82, 2.24) is 15.5 Å². The Kier molecular flexibility index (Phi) is 3.34. The first-order chi connectivity index (χ1) is 9.26. The highest BCUT2D eigenvalue weighted by atomic mass is 16.5. The van der Waals surface area contributed by atoms with Crippen molar-refractivity contribution in [2.24, 2.45) is 0 Å². The molecule has 0 spiro atoms. The topological polar surface area (TPSA) is 51.0 Å². The zero-order chi connectivity index (χ0) is 13.1. The summed E-state index contributed by atoms with van der Waals surface area (Å²) in [5.74, 6) is 1.48. The van der Waals surface area contributed by atoms with Gasteiger partial charge in [0.25, 0.3) is 0 Å². The van der Waals surface area contributed by atoms with Crippen LogP contribution in [-0.4, -0.2) is 16.7 Å². The van der Waals surface area contributed by atoms with E-state index in [1.54, 1.807) is 0 Å². The normalized spacial score (nSPS) is 23.4. The molecule has 4 heteroatoms. The molecular weight excluding hydrogens is 238 g/mol. The molecule has 1 aliphatic heterocycles. The monoisotopic (exact) mass is 257 g/mol. The van der Waals surface area contributed by atoms with Gasteiger partial charge in [0.15, 0.2) is 5.82 Å². The smallest absolute Gasteiger partial charge is 0.246 e. The van der Waals surface area contributed by atoms with Gasteiger partial charge in [0, 0.05) is 6.42 Å². The largest absolute Gasteiger partial charge is 0.337 e. The summed E-state index contributed by atoms with van der Waals surface area (Å²) in [7, 11) is 0. The summed E-state index contributed by atoms with van der Waals surface area (Å²) in [5, 5.41) is 7.60. The molecule has 100 valence electrons. The molecule has 1 unspecified atom stereocenters. The van der Waals surface area contributed by atoms with Gasteiger partial charge in [-0.3, -0.25) is 0 Å². The number of hydrogen-bond donors (Lipinski definition) is 1. The first kappa shape index (κ1) is 12.4. The van der Waals surface area contributed by atoms with E-state index in [1.165, 1.54) is 18.4 Å². The van der Waals surface area contributed by atoms with Gasteiger partial charge in [-0.2, -0.15) is 4.98 Å². The molecule has 1 N–H and O–H groups in total. The maximum atomic E-state index is 5.46. The van der Waals surface area contributed by atoms with E-state index in [4.69, 9.17) is 4.52 Å². The number of nitrogens with zero attached hydrogens (tertiary/aromatic N) is 2. The Balaban J connectivity index is 1.76. The van der Waals surface area contributed by atoms with Crippen LogP contribution in [0.5, 0.6) is 0 Å². The third-order valence-corrected chi connectivity index (χ3v) is 3.76. The lowest BCUT2D eigenvalue weighted by Gasteiger charge is -2.31. The predicted molar refractivity (Wildman–Crippen MR) is 72.8 cm³/mol. The van der Waals surface area contributed by atoms with E-state index in [9.17, 15) is 0 Å². The molecule has 1 atom stereocenters. The summed E-state index contributed by atoms with van der Waals surface area (Å²) < 4.78 is 5.46. The Hall–Kier alpha value is -1.68. The van der Waals surface area contributed by atoms with Crippen molar-refractivity contribution in [1.29, 1.82) is 0 Å². The fourth-order valence-corrected chi connectivity index (χ4v) is 2.57. The van der Waals surface area contributed by atoms with Crippen molar-refractivity contribution in [3.63, 3.8) is 0 Å². The van der Waals surface area contributed by atoms with Crippen molar-refractivity contribution in [2.75, 3.05) is 6.54 Å². The standard InChI is InChI=1S/C15H19N3O/c1-15(9-5-6-10-16-15)14-17-13(18-19-14)11-12-7-3-2-4-8-12/h2-4,7-8,16H,5-6,9-11H2,1H3. The summed E-state index contributed by atoms with van der Waals surface area (Å²) in [6.07, 6.45) is 4.21. The number of aromatic nitrogens is 2. The number of benzene rings is 1. The molecular formula is C15H19N3O. The van der Waals surface area contributed by atoms with Gasteiger partial charge in [-0.1, -0.05) is 35.5 Å². The highest BCUT2D eigenvalue weighted by molar-refractivity contribution is 5.18.